The highest BCUT2D eigenvalue weighted by atomic mass is 16.2. The number of amides is 1. The van der Waals surface area contributed by atoms with E-state index in [0.29, 0.717) is 6.42 Å². The lowest BCUT2D eigenvalue weighted by Crippen LogP contribution is -2.57. The maximum atomic E-state index is 12.3. The molecule has 4 nitrogen and oxygen atoms in total. The number of carbonyl (C=O) groups excluding carboxylic acids is 1. The van der Waals surface area contributed by atoms with Crippen molar-refractivity contribution >= 4 is 5.91 Å². The molecular formula is C15H31N3O. The summed E-state index contributed by atoms with van der Waals surface area (Å²) in [5.41, 5.74) is 6.27. The van der Waals surface area contributed by atoms with E-state index in [1.54, 1.807) is 0 Å². The molecule has 0 radical (unpaired) electrons. The number of nitrogens with two attached hydrogens (primary N) is 1. The minimum absolute atomic E-state index is 0.0216. The molecule has 4 heteroatoms. The molecule has 1 aliphatic carbocycles. The average Bonchev–Trinajstić information content (AvgIpc) is 2.20. The van der Waals surface area contributed by atoms with Crippen LogP contribution < -0.4 is 5.73 Å². The van der Waals surface area contributed by atoms with E-state index in [1.807, 2.05) is 11.9 Å². The topological polar surface area (TPSA) is 49.6 Å². The number of likely N-dealkylation sites (N-methyl/N-ethyl adjacent to an activating group) is 2. The van der Waals surface area contributed by atoms with E-state index in [0.717, 1.165) is 6.54 Å². The van der Waals surface area contributed by atoms with Crippen LogP contribution in [0.3, 0.4) is 0 Å². The van der Waals surface area contributed by atoms with Crippen LogP contribution >= 0.6 is 0 Å². The minimum atomic E-state index is -0.0841. The van der Waals surface area contributed by atoms with Crippen LogP contribution in [0.1, 0.15) is 46.5 Å². The first-order valence-electron chi connectivity index (χ1n) is 7.25. The van der Waals surface area contributed by atoms with E-state index in [2.05, 4.69) is 39.8 Å². The number of hydrogen-bond donors (Lipinski definition) is 1. The molecule has 0 bridgehead atoms. The van der Waals surface area contributed by atoms with E-state index in [9.17, 15) is 4.79 Å². The maximum Gasteiger partial charge on any atom is 0.223 e. The lowest BCUT2D eigenvalue weighted by molar-refractivity contribution is -0.133. The van der Waals surface area contributed by atoms with Gasteiger partial charge in [-0.2, -0.15) is 0 Å². The van der Waals surface area contributed by atoms with Gasteiger partial charge >= 0.3 is 0 Å². The summed E-state index contributed by atoms with van der Waals surface area (Å²) in [7, 11) is 6.12. The number of nitrogens with zero attached hydrogens (tertiary/aromatic N) is 2. The number of carbonyl (C=O) groups is 1. The Morgan fingerprint density at radius 2 is 1.79 bits per heavy atom. The molecule has 1 aliphatic rings. The summed E-state index contributed by atoms with van der Waals surface area (Å²) in [6.07, 6.45) is 4.07. The van der Waals surface area contributed by atoms with Gasteiger partial charge in [-0.1, -0.05) is 20.8 Å². The Labute approximate surface area is 118 Å². The second kappa shape index (κ2) is 5.80. The van der Waals surface area contributed by atoms with E-state index < -0.39 is 0 Å². The van der Waals surface area contributed by atoms with Crippen molar-refractivity contribution in [3.8, 4) is 0 Å². The summed E-state index contributed by atoms with van der Waals surface area (Å²) in [6, 6.07) is -0.0841. The molecule has 2 N–H and O–H groups in total. The molecule has 1 rings (SSSR count). The highest BCUT2D eigenvalue weighted by molar-refractivity contribution is 5.76. The normalized spacial score (nSPS) is 20.0. The van der Waals surface area contributed by atoms with Gasteiger partial charge in [0.2, 0.25) is 5.91 Å². The maximum absolute atomic E-state index is 12.3. The molecule has 0 saturated heterocycles. The number of hydrogen-bond acceptors (Lipinski definition) is 3. The van der Waals surface area contributed by atoms with Crippen molar-refractivity contribution in [3.63, 3.8) is 0 Å². The molecule has 1 saturated carbocycles. The van der Waals surface area contributed by atoms with Crippen LogP contribution in [0, 0.1) is 5.41 Å². The van der Waals surface area contributed by atoms with Gasteiger partial charge in [0.05, 0.1) is 0 Å². The standard InChI is InChI=1S/C15H31N3O/c1-14(2,3)12(16)10-13(19)18(6)11-15(17(4)5)8-7-9-15/h12H,7-11,16H2,1-6H3. The molecule has 19 heavy (non-hydrogen) atoms. The van der Waals surface area contributed by atoms with Gasteiger partial charge < -0.3 is 15.5 Å². The average molecular weight is 269 g/mol. The molecule has 1 fully saturated rings. The predicted octanol–water partition coefficient (Wildman–Crippen LogP) is 1.69. The van der Waals surface area contributed by atoms with Crippen LogP contribution in [0.4, 0.5) is 0 Å². The van der Waals surface area contributed by atoms with Crippen LogP contribution in [0.15, 0.2) is 0 Å². The van der Waals surface area contributed by atoms with Gasteiger partial charge in [0.15, 0.2) is 0 Å². The second-order valence-corrected chi connectivity index (χ2v) is 7.40. The van der Waals surface area contributed by atoms with Crippen molar-refractivity contribution in [1.82, 2.24) is 9.80 Å². The van der Waals surface area contributed by atoms with E-state index in [-0.39, 0.29) is 22.9 Å². The third-order valence-corrected chi connectivity index (χ3v) is 4.70. The van der Waals surface area contributed by atoms with Crippen molar-refractivity contribution in [3.05, 3.63) is 0 Å². The van der Waals surface area contributed by atoms with Gasteiger partial charge in [0.25, 0.3) is 0 Å². The summed E-state index contributed by atoms with van der Waals surface area (Å²) >= 11 is 0. The fourth-order valence-corrected chi connectivity index (χ4v) is 2.51. The van der Waals surface area contributed by atoms with Crippen molar-refractivity contribution in [2.75, 3.05) is 27.7 Å². The Kier molecular flexibility index (Phi) is 5.02. The largest absolute Gasteiger partial charge is 0.344 e. The summed E-state index contributed by atoms with van der Waals surface area (Å²) < 4.78 is 0. The Morgan fingerprint density at radius 1 is 1.26 bits per heavy atom. The minimum Gasteiger partial charge on any atom is -0.344 e. The zero-order valence-corrected chi connectivity index (χ0v) is 13.5. The molecule has 1 unspecified atom stereocenters. The summed E-state index contributed by atoms with van der Waals surface area (Å²) in [4.78, 5) is 16.4. The summed E-state index contributed by atoms with van der Waals surface area (Å²) in [6.45, 7) is 7.06. The molecule has 0 aliphatic heterocycles. The predicted molar refractivity (Wildman–Crippen MR) is 80.0 cm³/mol. The molecule has 1 amide bonds. The summed E-state index contributed by atoms with van der Waals surface area (Å²) in [5, 5.41) is 0. The van der Waals surface area contributed by atoms with Gasteiger partial charge in [0.1, 0.15) is 0 Å². The Balaban J connectivity index is 2.54. The van der Waals surface area contributed by atoms with Crippen LogP contribution in [0.2, 0.25) is 0 Å². The molecule has 0 heterocycles. The monoisotopic (exact) mass is 269 g/mol. The summed E-state index contributed by atoms with van der Waals surface area (Å²) in [5.74, 6) is 0.163. The Hall–Kier alpha value is -0.610. The molecular weight excluding hydrogens is 238 g/mol. The molecule has 1 atom stereocenters. The first-order valence-corrected chi connectivity index (χ1v) is 7.25. The first kappa shape index (κ1) is 16.4. The fourth-order valence-electron chi connectivity index (χ4n) is 2.51. The van der Waals surface area contributed by atoms with Crippen LogP contribution in [-0.4, -0.2) is 55.0 Å². The van der Waals surface area contributed by atoms with Gasteiger partial charge in [-0.25, -0.2) is 0 Å². The third-order valence-electron chi connectivity index (χ3n) is 4.70. The Bertz CT molecular complexity index is 316. The highest BCUT2D eigenvalue weighted by Crippen LogP contribution is 2.36. The zero-order valence-electron chi connectivity index (χ0n) is 13.5. The third kappa shape index (κ3) is 3.93. The quantitative estimate of drug-likeness (QED) is 0.826. The lowest BCUT2D eigenvalue weighted by Gasteiger charge is -2.49. The van der Waals surface area contributed by atoms with Crippen LogP contribution in [0.25, 0.3) is 0 Å². The molecule has 0 aromatic heterocycles. The van der Waals surface area contributed by atoms with E-state index in [1.165, 1.54) is 19.3 Å². The van der Waals surface area contributed by atoms with E-state index in [4.69, 9.17) is 5.73 Å². The van der Waals surface area contributed by atoms with Crippen molar-refractivity contribution in [1.29, 1.82) is 0 Å². The van der Waals surface area contributed by atoms with Gasteiger partial charge in [0, 0.05) is 31.6 Å². The van der Waals surface area contributed by atoms with E-state index >= 15 is 0 Å². The second-order valence-electron chi connectivity index (χ2n) is 7.40. The van der Waals surface area contributed by atoms with Crippen LogP contribution in [-0.2, 0) is 4.79 Å². The Morgan fingerprint density at radius 3 is 2.11 bits per heavy atom. The van der Waals surface area contributed by atoms with Gasteiger partial charge in [-0.05, 0) is 38.8 Å². The smallest absolute Gasteiger partial charge is 0.223 e. The fraction of sp³-hybridized carbons (Fsp3) is 0.933. The highest BCUT2D eigenvalue weighted by Gasteiger charge is 2.40. The van der Waals surface area contributed by atoms with Crippen LogP contribution in [0.5, 0.6) is 0 Å². The molecule has 112 valence electrons. The van der Waals surface area contributed by atoms with Crippen molar-refractivity contribution < 1.29 is 4.79 Å². The molecule has 0 aromatic rings. The molecule has 0 spiro atoms. The van der Waals surface area contributed by atoms with Crippen molar-refractivity contribution in [2.24, 2.45) is 11.1 Å². The first-order chi connectivity index (χ1) is 8.58. The van der Waals surface area contributed by atoms with Gasteiger partial charge in [-0.15, -0.1) is 0 Å². The SMILES string of the molecule is CN(CC1(N(C)C)CCC1)C(=O)CC(N)C(C)(C)C. The van der Waals surface area contributed by atoms with Crippen molar-refractivity contribution in [2.45, 2.75) is 58.0 Å². The lowest BCUT2D eigenvalue weighted by atomic mass is 9.75. The van der Waals surface area contributed by atoms with Gasteiger partial charge in [-0.3, -0.25) is 4.79 Å². The molecule has 0 aromatic carbocycles. The zero-order chi connectivity index (χ0) is 14.8. The number of rotatable bonds is 5.